The molecule has 0 aliphatic rings. The normalized spacial score (nSPS) is 10.7. The summed E-state index contributed by atoms with van der Waals surface area (Å²) in [5.74, 6) is -1.32. The Morgan fingerprint density at radius 1 is 1.04 bits per heavy atom. The molecule has 0 aliphatic heterocycles. The van der Waals surface area contributed by atoms with Crippen LogP contribution in [0.2, 0.25) is 5.02 Å². The molecule has 2 rings (SSSR count). The largest absolute Gasteiger partial charge is 0.434 e. The molecular weight excluding hydrogens is 354 g/mol. The predicted octanol–water partition coefficient (Wildman–Crippen LogP) is 3.42. The van der Waals surface area contributed by atoms with Gasteiger partial charge in [0.25, 0.3) is 11.8 Å². The molecule has 25 heavy (non-hydrogen) atoms. The summed E-state index contributed by atoms with van der Waals surface area (Å²) in [5, 5.41) is 0.239. The molecule has 2 aromatic rings. The number of carbonyl (C=O) groups is 2. The number of hydrazine groups is 1. The highest BCUT2D eigenvalue weighted by atomic mass is 35.5. The molecule has 0 spiro atoms. The maximum Gasteiger partial charge on any atom is 0.387 e. The van der Waals surface area contributed by atoms with Crippen molar-refractivity contribution in [1.82, 2.24) is 10.9 Å². The van der Waals surface area contributed by atoms with E-state index in [4.69, 9.17) is 11.6 Å². The first-order valence-corrected chi connectivity index (χ1v) is 7.42. The number of nitrogens with one attached hydrogen (secondary N) is 2. The number of alkyl halides is 2. The molecule has 5 nitrogen and oxygen atoms in total. The van der Waals surface area contributed by atoms with Crippen molar-refractivity contribution in [1.29, 1.82) is 0 Å². The highest BCUT2D eigenvalue weighted by Crippen LogP contribution is 2.21. The fourth-order valence-electron chi connectivity index (χ4n) is 1.86. The minimum atomic E-state index is -2.97. The second kappa shape index (κ2) is 8.79. The second-order valence-corrected chi connectivity index (χ2v) is 5.08. The van der Waals surface area contributed by atoms with Gasteiger partial charge in [-0.15, -0.1) is 0 Å². The summed E-state index contributed by atoms with van der Waals surface area (Å²) in [7, 11) is 0. The van der Waals surface area contributed by atoms with E-state index in [1.807, 2.05) is 0 Å². The standard InChI is InChI=1S/C17H13ClF2N2O3/c18-13-7-3-2-6-12(13)16(24)22-21-15(23)10-9-11-5-1-4-8-14(11)25-17(19)20/h1-10,17H,(H,21,23)(H,22,24)/b10-9+. The van der Waals surface area contributed by atoms with E-state index in [1.165, 1.54) is 36.4 Å². The number of hydrogen-bond acceptors (Lipinski definition) is 3. The molecule has 0 heterocycles. The molecule has 2 aromatic carbocycles. The lowest BCUT2D eigenvalue weighted by molar-refractivity contribution is -0.117. The van der Waals surface area contributed by atoms with Crippen LogP contribution in [0, 0.1) is 0 Å². The van der Waals surface area contributed by atoms with Gasteiger partial charge in [0.2, 0.25) is 0 Å². The molecule has 2 amide bonds. The average molecular weight is 367 g/mol. The van der Waals surface area contributed by atoms with E-state index in [2.05, 4.69) is 15.6 Å². The second-order valence-electron chi connectivity index (χ2n) is 4.67. The quantitative estimate of drug-likeness (QED) is 0.629. The monoisotopic (exact) mass is 366 g/mol. The molecule has 8 heteroatoms. The number of amides is 2. The topological polar surface area (TPSA) is 67.4 Å². The van der Waals surface area contributed by atoms with E-state index in [0.29, 0.717) is 0 Å². The van der Waals surface area contributed by atoms with Crippen molar-refractivity contribution in [3.63, 3.8) is 0 Å². The number of rotatable bonds is 5. The van der Waals surface area contributed by atoms with Crippen LogP contribution < -0.4 is 15.6 Å². The van der Waals surface area contributed by atoms with E-state index in [9.17, 15) is 18.4 Å². The van der Waals surface area contributed by atoms with Crippen molar-refractivity contribution < 1.29 is 23.1 Å². The molecule has 0 bridgehead atoms. The molecule has 0 aliphatic carbocycles. The molecular formula is C17H13ClF2N2O3. The minimum absolute atomic E-state index is 0.0679. The molecule has 0 radical (unpaired) electrons. The van der Waals surface area contributed by atoms with Gasteiger partial charge < -0.3 is 4.74 Å². The maximum atomic E-state index is 12.3. The summed E-state index contributed by atoms with van der Waals surface area (Å²) in [4.78, 5) is 23.6. The summed E-state index contributed by atoms with van der Waals surface area (Å²) in [6, 6.07) is 12.3. The zero-order valence-electron chi connectivity index (χ0n) is 12.7. The van der Waals surface area contributed by atoms with Crippen molar-refractivity contribution in [2.45, 2.75) is 6.61 Å². The van der Waals surface area contributed by atoms with Crippen molar-refractivity contribution in [3.05, 3.63) is 70.8 Å². The van der Waals surface area contributed by atoms with Crippen LogP contribution in [0.5, 0.6) is 5.75 Å². The average Bonchev–Trinajstić information content (AvgIpc) is 2.59. The minimum Gasteiger partial charge on any atom is -0.434 e. The number of benzene rings is 2. The van der Waals surface area contributed by atoms with Crippen LogP contribution in [0.3, 0.4) is 0 Å². The van der Waals surface area contributed by atoms with Gasteiger partial charge in [-0.25, -0.2) is 0 Å². The van der Waals surface area contributed by atoms with Gasteiger partial charge in [-0.2, -0.15) is 8.78 Å². The van der Waals surface area contributed by atoms with Crippen LogP contribution in [0.1, 0.15) is 15.9 Å². The fraction of sp³-hybridized carbons (Fsp3) is 0.0588. The van der Waals surface area contributed by atoms with Gasteiger partial charge in [-0.3, -0.25) is 20.4 Å². The molecule has 0 atom stereocenters. The predicted molar refractivity (Wildman–Crippen MR) is 89.2 cm³/mol. The van der Waals surface area contributed by atoms with Crippen LogP contribution in [0.25, 0.3) is 6.08 Å². The third-order valence-electron chi connectivity index (χ3n) is 2.97. The van der Waals surface area contributed by atoms with Crippen molar-refractivity contribution >= 4 is 29.5 Å². The van der Waals surface area contributed by atoms with Gasteiger partial charge in [-0.05, 0) is 24.3 Å². The Morgan fingerprint density at radius 3 is 2.44 bits per heavy atom. The first kappa shape index (κ1) is 18.4. The van der Waals surface area contributed by atoms with E-state index in [-0.39, 0.29) is 21.9 Å². The first-order valence-electron chi connectivity index (χ1n) is 7.04. The van der Waals surface area contributed by atoms with Gasteiger partial charge in [-0.1, -0.05) is 41.9 Å². The number of halogens is 3. The highest BCUT2D eigenvalue weighted by Gasteiger charge is 2.10. The van der Waals surface area contributed by atoms with Gasteiger partial charge in [0.15, 0.2) is 0 Å². The number of para-hydroxylation sites is 1. The Bertz CT molecular complexity index is 797. The van der Waals surface area contributed by atoms with Gasteiger partial charge in [0.05, 0.1) is 10.6 Å². The zero-order valence-corrected chi connectivity index (χ0v) is 13.5. The van der Waals surface area contributed by atoms with Crippen LogP contribution in [-0.2, 0) is 4.79 Å². The van der Waals surface area contributed by atoms with Crippen LogP contribution in [-0.4, -0.2) is 18.4 Å². The summed E-state index contributed by atoms with van der Waals surface area (Å²) < 4.78 is 29.0. The van der Waals surface area contributed by atoms with E-state index < -0.39 is 18.4 Å². The Kier molecular flexibility index (Phi) is 6.47. The van der Waals surface area contributed by atoms with Crippen molar-refractivity contribution in [2.75, 3.05) is 0 Å². The van der Waals surface area contributed by atoms with E-state index in [1.54, 1.807) is 18.2 Å². The summed E-state index contributed by atoms with van der Waals surface area (Å²) >= 11 is 5.87. The zero-order chi connectivity index (χ0) is 18.2. The molecule has 0 aromatic heterocycles. The molecule has 0 saturated carbocycles. The van der Waals surface area contributed by atoms with Gasteiger partial charge in [0, 0.05) is 11.6 Å². The number of hydrogen-bond donors (Lipinski definition) is 2. The Hall–Kier alpha value is -2.93. The molecule has 2 N–H and O–H groups in total. The van der Waals surface area contributed by atoms with Crippen molar-refractivity contribution in [3.8, 4) is 5.75 Å². The number of ether oxygens (including phenoxy) is 1. The molecule has 130 valence electrons. The van der Waals surface area contributed by atoms with Gasteiger partial charge in [0.1, 0.15) is 5.75 Å². The lowest BCUT2D eigenvalue weighted by Gasteiger charge is -2.08. The summed E-state index contributed by atoms with van der Waals surface area (Å²) in [5.41, 5.74) is 4.85. The SMILES string of the molecule is O=C(/C=C/c1ccccc1OC(F)F)NNC(=O)c1ccccc1Cl. The van der Waals surface area contributed by atoms with Gasteiger partial charge >= 0.3 is 6.61 Å². The Morgan fingerprint density at radius 2 is 1.72 bits per heavy atom. The van der Waals surface area contributed by atoms with Crippen LogP contribution >= 0.6 is 11.6 Å². The lowest BCUT2D eigenvalue weighted by Crippen LogP contribution is -2.40. The third kappa shape index (κ3) is 5.58. The first-order chi connectivity index (χ1) is 12.0. The maximum absolute atomic E-state index is 12.3. The Labute approximate surface area is 147 Å². The van der Waals surface area contributed by atoms with Crippen LogP contribution in [0.15, 0.2) is 54.6 Å². The molecule has 0 fully saturated rings. The molecule has 0 unspecified atom stereocenters. The highest BCUT2D eigenvalue weighted by molar-refractivity contribution is 6.33. The van der Waals surface area contributed by atoms with E-state index in [0.717, 1.165) is 6.08 Å². The molecule has 0 saturated heterocycles. The van der Waals surface area contributed by atoms with Crippen LogP contribution in [0.4, 0.5) is 8.78 Å². The fourth-order valence-corrected chi connectivity index (χ4v) is 2.08. The smallest absolute Gasteiger partial charge is 0.387 e. The number of carbonyl (C=O) groups excluding carboxylic acids is 2. The Balaban J connectivity index is 1.96. The third-order valence-corrected chi connectivity index (χ3v) is 3.30. The summed E-state index contributed by atoms with van der Waals surface area (Å²) in [6.07, 6.45) is 2.36. The summed E-state index contributed by atoms with van der Waals surface area (Å²) in [6.45, 7) is -2.97. The lowest BCUT2D eigenvalue weighted by atomic mass is 10.2. The van der Waals surface area contributed by atoms with Crippen molar-refractivity contribution in [2.24, 2.45) is 0 Å². The van der Waals surface area contributed by atoms with E-state index >= 15 is 0 Å².